The van der Waals surface area contributed by atoms with Gasteiger partial charge in [-0.05, 0) is 37.6 Å². The molecule has 1 aromatic rings. The molecule has 0 saturated carbocycles. The molecule has 0 N–H and O–H groups in total. The first-order valence-electron chi connectivity index (χ1n) is 6.68. The number of thiocarbonyl (C=S) groups is 1. The van der Waals surface area contributed by atoms with Crippen molar-refractivity contribution in [2.24, 2.45) is 0 Å². The van der Waals surface area contributed by atoms with Gasteiger partial charge in [0.2, 0.25) is 0 Å². The predicted molar refractivity (Wildman–Crippen MR) is 97.6 cm³/mol. The van der Waals surface area contributed by atoms with Crippen molar-refractivity contribution in [3.8, 4) is 0 Å². The Bertz CT molecular complexity index is 704. The van der Waals surface area contributed by atoms with Gasteiger partial charge in [0, 0.05) is 0 Å². The zero-order valence-corrected chi connectivity index (χ0v) is 15.5. The summed E-state index contributed by atoms with van der Waals surface area (Å²) < 4.78 is 5.36. The molecule has 0 radical (unpaired) electrons. The number of amides is 1. The molecule has 122 valence electrons. The van der Waals surface area contributed by atoms with Gasteiger partial charge in [-0.2, -0.15) is 0 Å². The monoisotopic (exact) mass is 389 g/mol. The molecular weight excluding hydrogens is 377 g/mol. The van der Waals surface area contributed by atoms with Gasteiger partial charge in [0.15, 0.2) is 0 Å². The lowest BCUT2D eigenvalue weighted by molar-refractivity contribution is -0.149. The van der Waals surface area contributed by atoms with Gasteiger partial charge in [-0.25, -0.2) is 0 Å². The third-order valence-corrected chi connectivity index (χ3v) is 4.89. The van der Waals surface area contributed by atoms with Crippen LogP contribution < -0.4 is 0 Å². The zero-order chi connectivity index (χ0) is 17.1. The van der Waals surface area contributed by atoms with Crippen molar-refractivity contribution in [3.63, 3.8) is 0 Å². The molecular formula is C15H13Cl2NO3S2. The minimum Gasteiger partial charge on any atom is -0.462 e. The minimum atomic E-state index is -0.493. The third-order valence-electron chi connectivity index (χ3n) is 2.77. The van der Waals surface area contributed by atoms with Crippen molar-refractivity contribution in [2.75, 3.05) is 6.54 Å². The SMILES string of the molecule is CC(C)OC(=O)CN1C(=O)C(=Cc2ccc(Cl)c(Cl)c2)SC1=S. The maximum Gasteiger partial charge on any atom is 0.326 e. The third kappa shape index (κ3) is 4.70. The van der Waals surface area contributed by atoms with Crippen LogP contribution in [0, 0.1) is 0 Å². The largest absolute Gasteiger partial charge is 0.462 e. The summed E-state index contributed by atoms with van der Waals surface area (Å²) in [7, 11) is 0. The summed E-state index contributed by atoms with van der Waals surface area (Å²) in [6, 6.07) is 5.05. The van der Waals surface area contributed by atoms with Crippen molar-refractivity contribution in [3.05, 3.63) is 38.7 Å². The van der Waals surface area contributed by atoms with Crippen LogP contribution >= 0.6 is 47.2 Å². The summed E-state index contributed by atoms with van der Waals surface area (Å²) in [5.41, 5.74) is 0.727. The van der Waals surface area contributed by atoms with Crippen LogP contribution in [0.25, 0.3) is 6.08 Å². The molecule has 1 aliphatic heterocycles. The van der Waals surface area contributed by atoms with Crippen LogP contribution in [0.4, 0.5) is 0 Å². The lowest BCUT2D eigenvalue weighted by Crippen LogP contribution is -2.35. The molecule has 1 aromatic carbocycles. The highest BCUT2D eigenvalue weighted by atomic mass is 35.5. The Morgan fingerprint density at radius 3 is 2.70 bits per heavy atom. The molecule has 0 spiro atoms. The van der Waals surface area contributed by atoms with Gasteiger partial charge in [-0.3, -0.25) is 14.5 Å². The summed E-state index contributed by atoms with van der Waals surface area (Å²) >= 11 is 18.1. The van der Waals surface area contributed by atoms with E-state index in [9.17, 15) is 9.59 Å². The second-order valence-electron chi connectivity index (χ2n) is 4.98. The van der Waals surface area contributed by atoms with Gasteiger partial charge < -0.3 is 4.74 Å². The first-order chi connectivity index (χ1) is 10.8. The Kier molecular flexibility index (Phi) is 6.08. The van der Waals surface area contributed by atoms with Crippen molar-refractivity contribution in [1.82, 2.24) is 4.90 Å². The summed E-state index contributed by atoms with van der Waals surface area (Å²) in [6.45, 7) is 3.29. The Hall–Kier alpha value is -1.08. The number of rotatable bonds is 4. The molecule has 0 unspecified atom stereocenters. The number of esters is 1. The summed E-state index contributed by atoms with van der Waals surface area (Å²) in [6.07, 6.45) is 1.42. The number of carbonyl (C=O) groups is 2. The second-order valence-corrected chi connectivity index (χ2v) is 7.47. The molecule has 8 heteroatoms. The lowest BCUT2D eigenvalue weighted by atomic mass is 10.2. The van der Waals surface area contributed by atoms with E-state index in [4.69, 9.17) is 40.2 Å². The fourth-order valence-electron chi connectivity index (χ4n) is 1.82. The molecule has 0 bridgehead atoms. The van der Waals surface area contributed by atoms with Crippen molar-refractivity contribution in [1.29, 1.82) is 0 Å². The molecule has 0 aromatic heterocycles. The Morgan fingerprint density at radius 1 is 1.39 bits per heavy atom. The van der Waals surface area contributed by atoms with Crippen LogP contribution in [0.5, 0.6) is 0 Å². The summed E-state index contributed by atoms with van der Waals surface area (Å²) in [4.78, 5) is 25.7. The number of nitrogens with zero attached hydrogens (tertiary/aromatic N) is 1. The van der Waals surface area contributed by atoms with Gasteiger partial charge in [-0.15, -0.1) is 0 Å². The maximum atomic E-state index is 12.4. The quantitative estimate of drug-likeness (QED) is 0.439. The average Bonchev–Trinajstić information content (AvgIpc) is 2.70. The molecule has 0 aliphatic carbocycles. The first kappa shape index (κ1) is 18.3. The summed E-state index contributed by atoms with van der Waals surface area (Å²) in [5, 5.41) is 0.837. The van der Waals surface area contributed by atoms with E-state index in [1.54, 1.807) is 38.1 Å². The van der Waals surface area contributed by atoms with Gasteiger partial charge in [-0.1, -0.05) is 53.2 Å². The number of hydrogen-bond donors (Lipinski definition) is 0. The molecule has 4 nitrogen and oxygen atoms in total. The fraction of sp³-hybridized carbons (Fsp3) is 0.267. The van der Waals surface area contributed by atoms with Crippen molar-refractivity contribution >= 4 is 69.5 Å². The Morgan fingerprint density at radius 2 is 2.09 bits per heavy atom. The normalized spacial score (nSPS) is 16.6. The zero-order valence-electron chi connectivity index (χ0n) is 12.3. The highest BCUT2D eigenvalue weighted by molar-refractivity contribution is 8.26. The van der Waals surface area contributed by atoms with Crippen molar-refractivity contribution in [2.45, 2.75) is 20.0 Å². The highest BCUT2D eigenvalue weighted by Gasteiger charge is 2.33. The molecule has 1 heterocycles. The topological polar surface area (TPSA) is 46.6 Å². The van der Waals surface area contributed by atoms with Crippen LogP contribution in [0.1, 0.15) is 19.4 Å². The number of hydrogen-bond acceptors (Lipinski definition) is 5. The van der Waals surface area contributed by atoms with E-state index in [0.717, 1.165) is 17.3 Å². The van der Waals surface area contributed by atoms with E-state index in [0.29, 0.717) is 19.3 Å². The fourth-order valence-corrected chi connectivity index (χ4v) is 3.38. The van der Waals surface area contributed by atoms with Crippen LogP contribution in [0.15, 0.2) is 23.1 Å². The molecule has 1 amide bonds. The van der Waals surface area contributed by atoms with E-state index >= 15 is 0 Å². The molecule has 1 fully saturated rings. The average molecular weight is 390 g/mol. The first-order valence-corrected chi connectivity index (χ1v) is 8.66. The Labute approximate surface area is 153 Å². The molecule has 23 heavy (non-hydrogen) atoms. The van der Waals surface area contributed by atoms with Crippen molar-refractivity contribution < 1.29 is 14.3 Å². The number of halogens is 2. The van der Waals surface area contributed by atoms with Gasteiger partial charge >= 0.3 is 5.97 Å². The molecule has 0 atom stereocenters. The molecule has 1 aliphatic rings. The van der Waals surface area contributed by atoms with Crippen LogP contribution in [0.2, 0.25) is 10.0 Å². The summed E-state index contributed by atoms with van der Waals surface area (Å²) in [5.74, 6) is -0.820. The predicted octanol–water partition coefficient (Wildman–Crippen LogP) is 4.15. The van der Waals surface area contributed by atoms with Crippen LogP contribution in [-0.2, 0) is 14.3 Å². The molecule has 2 rings (SSSR count). The van der Waals surface area contributed by atoms with Crippen LogP contribution in [0.3, 0.4) is 0 Å². The number of carbonyl (C=O) groups excluding carboxylic acids is 2. The second kappa shape index (κ2) is 7.66. The van der Waals surface area contributed by atoms with E-state index in [1.807, 2.05) is 0 Å². The number of ether oxygens (including phenoxy) is 1. The minimum absolute atomic E-state index is 0.193. The van der Waals surface area contributed by atoms with E-state index in [1.165, 1.54) is 4.90 Å². The number of benzene rings is 1. The van der Waals surface area contributed by atoms with E-state index in [2.05, 4.69) is 0 Å². The number of thioether (sulfide) groups is 1. The van der Waals surface area contributed by atoms with Gasteiger partial charge in [0.05, 0.1) is 21.1 Å². The highest BCUT2D eigenvalue weighted by Crippen LogP contribution is 2.33. The van der Waals surface area contributed by atoms with E-state index < -0.39 is 5.97 Å². The molecule has 1 saturated heterocycles. The smallest absolute Gasteiger partial charge is 0.326 e. The van der Waals surface area contributed by atoms with Crippen LogP contribution in [-0.4, -0.2) is 33.7 Å². The van der Waals surface area contributed by atoms with Gasteiger partial charge in [0.1, 0.15) is 10.9 Å². The Balaban J connectivity index is 2.15. The van der Waals surface area contributed by atoms with Gasteiger partial charge in [0.25, 0.3) is 5.91 Å². The lowest BCUT2D eigenvalue weighted by Gasteiger charge is -2.14. The maximum absolute atomic E-state index is 12.4. The van der Waals surface area contributed by atoms with E-state index in [-0.39, 0.29) is 18.6 Å². The standard InChI is InChI=1S/C15H13Cl2NO3S2/c1-8(2)21-13(19)7-18-14(20)12(23-15(18)22)6-9-3-4-10(16)11(17)5-9/h3-6,8H,7H2,1-2H3.